The first kappa shape index (κ1) is 11.4. The van der Waals surface area contributed by atoms with Crippen LogP contribution in [0.5, 0.6) is 0 Å². The molecule has 0 radical (unpaired) electrons. The van der Waals surface area contributed by atoms with Crippen molar-refractivity contribution in [3.63, 3.8) is 0 Å². The highest BCUT2D eigenvalue weighted by Crippen LogP contribution is 2.22. The normalized spacial score (nSPS) is 10.6. The Morgan fingerprint density at radius 3 is 2.42 bits per heavy atom. The fourth-order valence-corrected chi connectivity index (χ4v) is 1.56. The van der Waals surface area contributed by atoms with Crippen molar-refractivity contribution < 1.29 is 13.3 Å². The van der Waals surface area contributed by atoms with E-state index in [0.717, 1.165) is 18.2 Å². The molecule has 0 spiro atoms. The third kappa shape index (κ3) is 2.30. The monoisotopic (exact) mass is 260 g/mol. The minimum absolute atomic E-state index is 0.0326. The Balaban J connectivity index is 2.02. The number of nitrogens with zero attached hydrogens (tertiary/aromatic N) is 4. The van der Waals surface area contributed by atoms with Gasteiger partial charge in [0.2, 0.25) is 5.82 Å². The van der Waals surface area contributed by atoms with Crippen LogP contribution in [0.3, 0.4) is 0 Å². The van der Waals surface area contributed by atoms with Crippen molar-refractivity contribution in [2.24, 2.45) is 0 Å². The summed E-state index contributed by atoms with van der Waals surface area (Å²) >= 11 is 0. The van der Waals surface area contributed by atoms with Gasteiger partial charge in [-0.3, -0.25) is 0 Å². The average Bonchev–Trinajstić information content (AvgIpc) is 2.88. The SMILES string of the molecule is Fc1cc(F)cc(-c2nc(-c3ccnnc3)no2)c1. The lowest BCUT2D eigenvalue weighted by Crippen LogP contribution is -1.86. The van der Waals surface area contributed by atoms with Crippen LogP contribution in [0.25, 0.3) is 22.8 Å². The smallest absolute Gasteiger partial charge is 0.258 e. The first-order valence-corrected chi connectivity index (χ1v) is 5.29. The standard InChI is InChI=1S/C12H6F2N4O/c13-9-3-8(4-10(14)5-9)12-17-11(18-19-12)7-1-2-15-16-6-7/h1-6H. The van der Waals surface area contributed by atoms with Crippen molar-refractivity contribution in [1.82, 2.24) is 20.3 Å². The second-order valence-corrected chi connectivity index (χ2v) is 3.71. The lowest BCUT2D eigenvalue weighted by atomic mass is 10.2. The number of benzene rings is 1. The second-order valence-electron chi connectivity index (χ2n) is 3.71. The van der Waals surface area contributed by atoms with Crippen molar-refractivity contribution in [1.29, 1.82) is 0 Å². The van der Waals surface area contributed by atoms with Gasteiger partial charge in [-0.05, 0) is 18.2 Å². The Morgan fingerprint density at radius 2 is 1.74 bits per heavy atom. The molecule has 3 rings (SSSR count). The van der Waals surface area contributed by atoms with E-state index >= 15 is 0 Å². The quantitative estimate of drug-likeness (QED) is 0.708. The van der Waals surface area contributed by atoms with Crippen LogP contribution in [0, 0.1) is 11.6 Å². The molecule has 0 aliphatic carbocycles. The van der Waals surface area contributed by atoms with Gasteiger partial charge in [-0.25, -0.2) is 8.78 Å². The Hall–Kier alpha value is -2.70. The van der Waals surface area contributed by atoms with Crippen LogP contribution < -0.4 is 0 Å². The molecule has 0 unspecified atom stereocenters. The molecule has 2 aromatic heterocycles. The van der Waals surface area contributed by atoms with E-state index in [1.165, 1.54) is 12.4 Å². The molecule has 0 fully saturated rings. The lowest BCUT2D eigenvalue weighted by Gasteiger charge is -1.95. The summed E-state index contributed by atoms with van der Waals surface area (Å²) < 4.78 is 31.2. The highest BCUT2D eigenvalue weighted by molar-refractivity contribution is 5.58. The largest absolute Gasteiger partial charge is 0.334 e. The molecule has 19 heavy (non-hydrogen) atoms. The zero-order valence-electron chi connectivity index (χ0n) is 9.42. The van der Waals surface area contributed by atoms with Gasteiger partial charge in [-0.2, -0.15) is 15.2 Å². The second kappa shape index (κ2) is 4.52. The van der Waals surface area contributed by atoms with Crippen molar-refractivity contribution >= 4 is 0 Å². The molecule has 0 amide bonds. The van der Waals surface area contributed by atoms with E-state index in [0.29, 0.717) is 5.56 Å². The molecular formula is C12H6F2N4O. The van der Waals surface area contributed by atoms with E-state index in [-0.39, 0.29) is 17.3 Å². The van der Waals surface area contributed by atoms with Gasteiger partial charge in [0.05, 0.1) is 12.4 Å². The fraction of sp³-hybridized carbons (Fsp3) is 0. The first-order valence-electron chi connectivity index (χ1n) is 5.29. The molecule has 7 heteroatoms. The molecule has 0 saturated heterocycles. The van der Waals surface area contributed by atoms with E-state index in [1.807, 2.05) is 0 Å². The molecule has 3 aromatic rings. The van der Waals surface area contributed by atoms with Crippen molar-refractivity contribution in [3.05, 3.63) is 48.3 Å². The van der Waals surface area contributed by atoms with Crippen molar-refractivity contribution in [2.45, 2.75) is 0 Å². The van der Waals surface area contributed by atoms with Crippen LogP contribution in [0.2, 0.25) is 0 Å². The summed E-state index contributed by atoms with van der Waals surface area (Å²) in [5.74, 6) is -1.11. The Morgan fingerprint density at radius 1 is 0.947 bits per heavy atom. The highest BCUT2D eigenvalue weighted by atomic mass is 19.1. The Bertz CT molecular complexity index is 695. The summed E-state index contributed by atoms with van der Waals surface area (Å²) in [6.07, 6.45) is 2.94. The highest BCUT2D eigenvalue weighted by Gasteiger charge is 2.12. The number of halogens is 2. The number of rotatable bonds is 2. The number of aromatic nitrogens is 4. The van der Waals surface area contributed by atoms with Gasteiger partial charge < -0.3 is 4.52 Å². The van der Waals surface area contributed by atoms with E-state index in [2.05, 4.69) is 20.3 Å². The number of hydrogen-bond acceptors (Lipinski definition) is 5. The molecule has 1 aromatic carbocycles. The summed E-state index contributed by atoms with van der Waals surface area (Å²) in [7, 11) is 0. The van der Waals surface area contributed by atoms with Crippen LogP contribution in [0.15, 0.2) is 41.2 Å². The van der Waals surface area contributed by atoms with Crippen LogP contribution >= 0.6 is 0 Å². The number of hydrogen-bond donors (Lipinski definition) is 0. The van der Waals surface area contributed by atoms with E-state index in [1.54, 1.807) is 6.07 Å². The van der Waals surface area contributed by atoms with Gasteiger partial charge in [0.1, 0.15) is 11.6 Å². The maximum Gasteiger partial charge on any atom is 0.258 e. The summed E-state index contributed by atoms with van der Waals surface area (Å²) in [5, 5.41) is 11.0. The minimum atomic E-state index is -0.708. The molecule has 5 nitrogen and oxygen atoms in total. The molecule has 0 bridgehead atoms. The summed E-state index contributed by atoms with van der Waals surface area (Å²) in [5.41, 5.74) is 0.778. The van der Waals surface area contributed by atoms with Gasteiger partial charge in [0.25, 0.3) is 5.89 Å². The molecule has 0 aliphatic heterocycles. The van der Waals surface area contributed by atoms with Crippen molar-refractivity contribution in [2.75, 3.05) is 0 Å². The van der Waals surface area contributed by atoms with Gasteiger partial charge in [0.15, 0.2) is 0 Å². The lowest BCUT2D eigenvalue weighted by molar-refractivity contribution is 0.431. The zero-order chi connectivity index (χ0) is 13.2. The summed E-state index contributed by atoms with van der Waals surface area (Å²) in [4.78, 5) is 4.05. The summed E-state index contributed by atoms with van der Waals surface area (Å²) in [6.45, 7) is 0. The van der Waals surface area contributed by atoms with E-state index < -0.39 is 11.6 Å². The molecule has 94 valence electrons. The third-order valence-corrected chi connectivity index (χ3v) is 2.38. The maximum absolute atomic E-state index is 13.1. The van der Waals surface area contributed by atoms with E-state index in [4.69, 9.17) is 4.52 Å². The van der Waals surface area contributed by atoms with Gasteiger partial charge in [-0.1, -0.05) is 5.16 Å². The summed E-state index contributed by atoms with van der Waals surface area (Å²) in [6, 6.07) is 4.65. The van der Waals surface area contributed by atoms with Crippen LogP contribution in [0.4, 0.5) is 8.78 Å². The van der Waals surface area contributed by atoms with Gasteiger partial charge >= 0.3 is 0 Å². The van der Waals surface area contributed by atoms with Crippen LogP contribution in [-0.4, -0.2) is 20.3 Å². The molecule has 0 atom stereocenters. The van der Waals surface area contributed by atoms with Crippen molar-refractivity contribution in [3.8, 4) is 22.8 Å². The Kier molecular flexibility index (Phi) is 2.71. The maximum atomic E-state index is 13.1. The fourth-order valence-electron chi connectivity index (χ4n) is 1.56. The van der Waals surface area contributed by atoms with E-state index in [9.17, 15) is 8.78 Å². The van der Waals surface area contributed by atoms with Crippen LogP contribution in [-0.2, 0) is 0 Å². The van der Waals surface area contributed by atoms with Gasteiger partial charge in [-0.15, -0.1) is 0 Å². The topological polar surface area (TPSA) is 64.7 Å². The predicted molar refractivity (Wildman–Crippen MR) is 60.7 cm³/mol. The molecule has 0 aliphatic rings. The zero-order valence-corrected chi connectivity index (χ0v) is 9.42. The average molecular weight is 260 g/mol. The molecular weight excluding hydrogens is 254 g/mol. The molecule has 2 heterocycles. The molecule has 0 saturated carbocycles. The third-order valence-electron chi connectivity index (χ3n) is 2.38. The predicted octanol–water partition coefficient (Wildman–Crippen LogP) is 2.47. The van der Waals surface area contributed by atoms with Crippen LogP contribution in [0.1, 0.15) is 0 Å². The minimum Gasteiger partial charge on any atom is -0.334 e. The Labute approximate surface area is 105 Å². The molecule has 0 N–H and O–H groups in total. The first-order chi connectivity index (χ1) is 9.22. The van der Waals surface area contributed by atoms with Gasteiger partial charge in [0, 0.05) is 17.2 Å².